The highest BCUT2D eigenvalue weighted by Crippen LogP contribution is 2.34. The number of amides is 1. The van der Waals surface area contributed by atoms with E-state index < -0.39 is 0 Å². The van der Waals surface area contributed by atoms with Crippen LogP contribution in [0.5, 0.6) is 5.75 Å². The number of halogens is 2. The highest BCUT2D eigenvalue weighted by Gasteiger charge is 2.13. The number of benzene rings is 1. The van der Waals surface area contributed by atoms with E-state index in [-0.39, 0.29) is 5.91 Å². The van der Waals surface area contributed by atoms with E-state index in [1.807, 2.05) is 24.0 Å². The van der Waals surface area contributed by atoms with Crippen molar-refractivity contribution in [3.05, 3.63) is 26.6 Å². The molecule has 0 bridgehead atoms. The first kappa shape index (κ1) is 18.4. The first-order chi connectivity index (χ1) is 11.1. The second kappa shape index (κ2) is 9.36. The molecule has 1 aromatic rings. The zero-order chi connectivity index (χ0) is 16.7. The van der Waals surface area contributed by atoms with Crippen LogP contribution in [0.3, 0.4) is 0 Å². The van der Waals surface area contributed by atoms with Crippen LogP contribution in [0, 0.1) is 0 Å². The van der Waals surface area contributed by atoms with Crippen molar-refractivity contribution in [1.29, 1.82) is 0 Å². The second-order valence-corrected chi connectivity index (χ2v) is 6.64. The lowest BCUT2D eigenvalue weighted by atomic mass is 10.2. The fraction of sp³-hybridized carbons (Fsp3) is 0.467. The number of nitrogens with zero attached hydrogens (tertiary/aromatic N) is 2. The van der Waals surface area contributed by atoms with Gasteiger partial charge in [-0.3, -0.25) is 9.69 Å². The van der Waals surface area contributed by atoms with Crippen molar-refractivity contribution in [2.45, 2.75) is 6.92 Å². The number of nitrogens with one attached hydrogen (secondary N) is 1. The topological polar surface area (TPSA) is 63.2 Å². The molecule has 0 spiro atoms. The minimum absolute atomic E-state index is 0.132. The molecule has 1 aliphatic heterocycles. The number of rotatable bonds is 6. The van der Waals surface area contributed by atoms with Crippen LogP contribution < -0.4 is 10.2 Å². The van der Waals surface area contributed by atoms with Crippen LogP contribution in [0.2, 0.25) is 0 Å². The zero-order valence-electron chi connectivity index (χ0n) is 12.8. The van der Waals surface area contributed by atoms with Crippen LogP contribution in [0.1, 0.15) is 12.5 Å². The van der Waals surface area contributed by atoms with Crippen molar-refractivity contribution in [3.8, 4) is 5.75 Å². The van der Waals surface area contributed by atoms with E-state index in [4.69, 9.17) is 9.47 Å². The maximum Gasteiger partial charge on any atom is 0.254 e. The average Bonchev–Trinajstić information content (AvgIpc) is 2.52. The number of carbonyl (C=O) groups is 1. The fourth-order valence-electron chi connectivity index (χ4n) is 2.11. The van der Waals surface area contributed by atoms with Gasteiger partial charge in [0.2, 0.25) is 0 Å². The molecular formula is C15H19Br2N3O3. The zero-order valence-corrected chi connectivity index (χ0v) is 16.0. The van der Waals surface area contributed by atoms with Gasteiger partial charge < -0.3 is 9.47 Å². The molecule has 1 saturated heterocycles. The first-order valence-corrected chi connectivity index (χ1v) is 8.92. The molecule has 0 aliphatic carbocycles. The third kappa shape index (κ3) is 5.87. The van der Waals surface area contributed by atoms with Gasteiger partial charge in [-0.15, -0.1) is 0 Å². The lowest BCUT2D eigenvalue weighted by molar-refractivity contribution is -0.123. The number of ether oxygens (including phenoxy) is 2. The summed E-state index contributed by atoms with van der Waals surface area (Å²) >= 11 is 6.93. The summed E-state index contributed by atoms with van der Waals surface area (Å²) < 4.78 is 12.4. The van der Waals surface area contributed by atoms with Gasteiger partial charge >= 0.3 is 0 Å². The van der Waals surface area contributed by atoms with Gasteiger partial charge in [-0.25, -0.2) is 5.43 Å². The number of hydrazone groups is 1. The minimum atomic E-state index is -0.132. The van der Waals surface area contributed by atoms with Crippen LogP contribution >= 0.6 is 31.9 Å². The summed E-state index contributed by atoms with van der Waals surface area (Å²) in [4.78, 5) is 13.9. The SMILES string of the molecule is CCOc1c(Br)cc(C=NNC(=O)CN2CCOCC2)cc1Br. The fourth-order valence-corrected chi connectivity index (χ4v) is 3.56. The average molecular weight is 449 g/mol. The summed E-state index contributed by atoms with van der Waals surface area (Å²) in [5, 5.41) is 4.00. The largest absolute Gasteiger partial charge is 0.492 e. The van der Waals surface area contributed by atoms with Crippen molar-refractivity contribution < 1.29 is 14.3 Å². The van der Waals surface area contributed by atoms with E-state index in [9.17, 15) is 4.79 Å². The molecule has 8 heteroatoms. The Morgan fingerprint density at radius 1 is 1.39 bits per heavy atom. The van der Waals surface area contributed by atoms with Gasteiger partial charge in [0, 0.05) is 13.1 Å². The van der Waals surface area contributed by atoms with E-state index >= 15 is 0 Å². The number of hydrogen-bond donors (Lipinski definition) is 1. The van der Waals surface area contributed by atoms with Gasteiger partial charge in [0.05, 0.1) is 41.5 Å². The Morgan fingerprint density at radius 2 is 2.04 bits per heavy atom. The molecule has 1 amide bonds. The van der Waals surface area contributed by atoms with Gasteiger partial charge in [0.15, 0.2) is 0 Å². The van der Waals surface area contributed by atoms with Crippen molar-refractivity contribution in [2.24, 2.45) is 5.10 Å². The highest BCUT2D eigenvalue weighted by molar-refractivity contribution is 9.11. The normalized spacial score (nSPS) is 15.8. The molecular weight excluding hydrogens is 430 g/mol. The molecule has 126 valence electrons. The lowest BCUT2D eigenvalue weighted by Crippen LogP contribution is -2.42. The third-order valence-electron chi connectivity index (χ3n) is 3.18. The van der Waals surface area contributed by atoms with Crippen molar-refractivity contribution >= 4 is 44.0 Å². The summed E-state index contributed by atoms with van der Waals surface area (Å²) in [5.41, 5.74) is 3.39. The molecule has 1 aliphatic rings. The predicted molar refractivity (Wildman–Crippen MR) is 96.0 cm³/mol. The molecule has 1 heterocycles. The maximum absolute atomic E-state index is 11.8. The van der Waals surface area contributed by atoms with E-state index in [1.165, 1.54) is 0 Å². The van der Waals surface area contributed by atoms with Crippen LogP contribution in [-0.4, -0.2) is 56.5 Å². The molecule has 2 rings (SSSR count). The minimum Gasteiger partial charge on any atom is -0.492 e. The summed E-state index contributed by atoms with van der Waals surface area (Å²) in [6, 6.07) is 3.76. The van der Waals surface area contributed by atoms with Gasteiger partial charge in [-0.2, -0.15) is 5.10 Å². The van der Waals surface area contributed by atoms with Crippen LogP contribution in [0.15, 0.2) is 26.2 Å². The molecule has 1 N–H and O–H groups in total. The molecule has 0 radical (unpaired) electrons. The number of carbonyl (C=O) groups excluding carboxylic acids is 1. The van der Waals surface area contributed by atoms with E-state index in [0.717, 1.165) is 33.3 Å². The van der Waals surface area contributed by atoms with Crippen molar-refractivity contribution in [3.63, 3.8) is 0 Å². The second-order valence-electron chi connectivity index (χ2n) is 4.93. The Balaban J connectivity index is 1.88. The molecule has 0 saturated carbocycles. The van der Waals surface area contributed by atoms with Gasteiger partial charge in [-0.1, -0.05) is 0 Å². The van der Waals surface area contributed by atoms with Crippen LogP contribution in [0.4, 0.5) is 0 Å². The quantitative estimate of drug-likeness (QED) is 0.536. The Kier molecular flexibility index (Phi) is 7.48. The first-order valence-electron chi connectivity index (χ1n) is 7.34. The maximum atomic E-state index is 11.8. The molecule has 6 nitrogen and oxygen atoms in total. The van der Waals surface area contributed by atoms with Crippen molar-refractivity contribution in [1.82, 2.24) is 10.3 Å². The Hall–Kier alpha value is -0.960. The van der Waals surface area contributed by atoms with E-state index in [0.29, 0.717) is 26.4 Å². The standard InChI is InChI=1S/C15H19Br2N3O3/c1-2-23-15-12(16)7-11(8-13(15)17)9-18-19-14(21)10-20-3-5-22-6-4-20/h7-9H,2-6,10H2,1H3,(H,19,21). The predicted octanol–water partition coefficient (Wildman–Crippen LogP) is 2.39. The van der Waals surface area contributed by atoms with E-state index in [2.05, 4.69) is 42.4 Å². The Labute approximate surface area is 152 Å². The Bertz CT molecular complexity index is 552. The Morgan fingerprint density at radius 3 is 2.65 bits per heavy atom. The van der Waals surface area contributed by atoms with Gasteiger partial charge in [0.25, 0.3) is 5.91 Å². The van der Waals surface area contributed by atoms with Gasteiger partial charge in [-0.05, 0) is 56.5 Å². The molecule has 0 atom stereocenters. The van der Waals surface area contributed by atoms with Gasteiger partial charge in [0.1, 0.15) is 5.75 Å². The highest BCUT2D eigenvalue weighted by atomic mass is 79.9. The number of hydrogen-bond acceptors (Lipinski definition) is 5. The third-order valence-corrected chi connectivity index (χ3v) is 4.36. The summed E-state index contributed by atoms with van der Waals surface area (Å²) in [6.45, 7) is 5.74. The molecule has 0 aromatic heterocycles. The lowest BCUT2D eigenvalue weighted by Gasteiger charge is -2.25. The van der Waals surface area contributed by atoms with E-state index in [1.54, 1.807) is 6.21 Å². The molecule has 0 unspecified atom stereocenters. The smallest absolute Gasteiger partial charge is 0.254 e. The number of morpholine rings is 1. The van der Waals surface area contributed by atoms with Crippen LogP contribution in [-0.2, 0) is 9.53 Å². The summed E-state index contributed by atoms with van der Waals surface area (Å²) in [7, 11) is 0. The molecule has 1 fully saturated rings. The molecule has 23 heavy (non-hydrogen) atoms. The summed E-state index contributed by atoms with van der Waals surface area (Å²) in [5.74, 6) is 0.619. The molecule has 1 aromatic carbocycles. The van der Waals surface area contributed by atoms with Crippen molar-refractivity contribution in [2.75, 3.05) is 39.5 Å². The van der Waals surface area contributed by atoms with Crippen LogP contribution in [0.25, 0.3) is 0 Å². The monoisotopic (exact) mass is 447 g/mol. The summed E-state index contributed by atoms with van der Waals surface area (Å²) in [6.07, 6.45) is 1.60.